The second-order valence-corrected chi connectivity index (χ2v) is 5.55. The van der Waals surface area contributed by atoms with Crippen molar-refractivity contribution in [2.75, 3.05) is 37.6 Å². The molecule has 0 aromatic carbocycles. The van der Waals surface area contributed by atoms with E-state index >= 15 is 0 Å². The predicted octanol–water partition coefficient (Wildman–Crippen LogP) is 0.872. The van der Waals surface area contributed by atoms with Gasteiger partial charge < -0.3 is 15.1 Å². The molecule has 0 aliphatic carbocycles. The largest absolute Gasteiger partial charge is 0.353 e. The molecule has 1 aromatic heterocycles. The summed E-state index contributed by atoms with van der Waals surface area (Å²) in [4.78, 5) is 20.9. The van der Waals surface area contributed by atoms with Crippen molar-refractivity contribution in [2.24, 2.45) is 0 Å². The van der Waals surface area contributed by atoms with Crippen LogP contribution in [-0.4, -0.2) is 54.6 Å². The fourth-order valence-electron chi connectivity index (χ4n) is 3.00. The molecule has 2 aliphatic rings. The second-order valence-electron chi connectivity index (χ2n) is 5.55. The maximum atomic E-state index is 12.2. The first-order valence-corrected chi connectivity index (χ1v) is 7.50. The lowest BCUT2D eigenvalue weighted by molar-refractivity contribution is -0.131. The van der Waals surface area contributed by atoms with Crippen molar-refractivity contribution in [3.8, 4) is 0 Å². The van der Waals surface area contributed by atoms with E-state index in [4.69, 9.17) is 0 Å². The van der Waals surface area contributed by atoms with Crippen LogP contribution in [0.15, 0.2) is 24.4 Å². The van der Waals surface area contributed by atoms with E-state index in [2.05, 4.69) is 15.2 Å². The number of rotatable bonds is 3. The number of hydrogen-bond acceptors (Lipinski definition) is 4. The van der Waals surface area contributed by atoms with E-state index in [0.29, 0.717) is 18.4 Å². The number of aromatic nitrogens is 1. The van der Waals surface area contributed by atoms with Gasteiger partial charge in [-0.05, 0) is 31.5 Å². The van der Waals surface area contributed by atoms with Gasteiger partial charge in [0.05, 0.1) is 0 Å². The Balaban J connectivity index is 1.49. The Bertz CT molecular complexity index is 436. The van der Waals surface area contributed by atoms with Crippen LogP contribution >= 0.6 is 0 Å². The quantitative estimate of drug-likeness (QED) is 0.888. The molecule has 1 N–H and O–H groups in total. The van der Waals surface area contributed by atoms with E-state index in [1.165, 1.54) is 6.42 Å². The summed E-state index contributed by atoms with van der Waals surface area (Å²) >= 11 is 0. The van der Waals surface area contributed by atoms with Crippen molar-refractivity contribution in [2.45, 2.75) is 25.3 Å². The molecule has 108 valence electrons. The van der Waals surface area contributed by atoms with Gasteiger partial charge in [0.1, 0.15) is 5.82 Å². The number of carbonyl (C=O) groups is 1. The molecule has 0 saturated carbocycles. The molecule has 3 heterocycles. The van der Waals surface area contributed by atoms with Crippen LogP contribution in [0.25, 0.3) is 0 Å². The van der Waals surface area contributed by atoms with Gasteiger partial charge in [0.25, 0.3) is 0 Å². The molecular formula is C15H22N4O. The average Bonchev–Trinajstić information content (AvgIpc) is 3.01. The molecule has 5 nitrogen and oxygen atoms in total. The van der Waals surface area contributed by atoms with Crippen LogP contribution in [0.5, 0.6) is 0 Å². The Labute approximate surface area is 120 Å². The van der Waals surface area contributed by atoms with Crippen LogP contribution in [0.1, 0.15) is 19.3 Å². The third kappa shape index (κ3) is 3.10. The molecule has 1 aromatic rings. The maximum Gasteiger partial charge on any atom is 0.224 e. The summed E-state index contributed by atoms with van der Waals surface area (Å²) in [5, 5.41) is 3.39. The van der Waals surface area contributed by atoms with Gasteiger partial charge in [0, 0.05) is 44.8 Å². The Kier molecular flexibility index (Phi) is 4.16. The lowest BCUT2D eigenvalue weighted by Crippen LogP contribution is -2.49. The van der Waals surface area contributed by atoms with Crippen LogP contribution in [0, 0.1) is 0 Å². The summed E-state index contributed by atoms with van der Waals surface area (Å²) in [5.74, 6) is 1.31. The van der Waals surface area contributed by atoms with Gasteiger partial charge in [-0.2, -0.15) is 0 Å². The SMILES string of the molecule is O=C(CC1CCCN1)N1CCN(c2ccccn2)CC1. The van der Waals surface area contributed by atoms with Crippen molar-refractivity contribution < 1.29 is 4.79 Å². The monoisotopic (exact) mass is 274 g/mol. The number of nitrogens with one attached hydrogen (secondary N) is 1. The average molecular weight is 274 g/mol. The Morgan fingerprint density at radius 1 is 1.30 bits per heavy atom. The molecule has 1 unspecified atom stereocenters. The molecule has 5 heteroatoms. The van der Waals surface area contributed by atoms with E-state index in [-0.39, 0.29) is 0 Å². The van der Waals surface area contributed by atoms with E-state index < -0.39 is 0 Å². The van der Waals surface area contributed by atoms with Crippen molar-refractivity contribution in [3.63, 3.8) is 0 Å². The minimum atomic E-state index is 0.296. The Morgan fingerprint density at radius 2 is 2.15 bits per heavy atom. The number of amides is 1. The molecular weight excluding hydrogens is 252 g/mol. The summed E-state index contributed by atoms with van der Waals surface area (Å²) in [7, 11) is 0. The van der Waals surface area contributed by atoms with Crippen LogP contribution in [0.4, 0.5) is 5.82 Å². The molecule has 2 fully saturated rings. The zero-order chi connectivity index (χ0) is 13.8. The highest BCUT2D eigenvalue weighted by Gasteiger charge is 2.25. The van der Waals surface area contributed by atoms with Crippen LogP contribution in [-0.2, 0) is 4.79 Å². The number of hydrogen-bond donors (Lipinski definition) is 1. The molecule has 1 atom stereocenters. The summed E-state index contributed by atoms with van der Waals surface area (Å²) < 4.78 is 0. The summed E-state index contributed by atoms with van der Waals surface area (Å²) in [6, 6.07) is 6.36. The van der Waals surface area contributed by atoms with E-state index in [1.807, 2.05) is 29.3 Å². The summed E-state index contributed by atoms with van der Waals surface area (Å²) in [6.45, 7) is 4.43. The van der Waals surface area contributed by atoms with Gasteiger partial charge >= 0.3 is 0 Å². The standard InChI is InChI=1S/C15H22N4O/c20-15(12-13-4-3-7-16-13)19-10-8-18(9-11-19)14-5-1-2-6-17-14/h1-2,5-6,13,16H,3-4,7-12H2. The minimum Gasteiger partial charge on any atom is -0.353 e. The molecule has 1 amide bonds. The van der Waals surface area contributed by atoms with Crippen LogP contribution < -0.4 is 10.2 Å². The molecule has 2 saturated heterocycles. The molecule has 2 aliphatic heterocycles. The van der Waals surface area contributed by atoms with Crippen LogP contribution in [0.2, 0.25) is 0 Å². The fraction of sp³-hybridized carbons (Fsp3) is 0.600. The first-order valence-electron chi connectivity index (χ1n) is 7.50. The molecule has 0 bridgehead atoms. The summed E-state index contributed by atoms with van der Waals surface area (Å²) in [6.07, 6.45) is 4.81. The number of piperazine rings is 1. The highest BCUT2D eigenvalue weighted by Crippen LogP contribution is 2.15. The molecule has 3 rings (SSSR count). The third-order valence-electron chi connectivity index (χ3n) is 4.19. The van der Waals surface area contributed by atoms with Crippen molar-refractivity contribution in [1.82, 2.24) is 15.2 Å². The van der Waals surface area contributed by atoms with Crippen LogP contribution in [0.3, 0.4) is 0 Å². The normalized spacial score (nSPS) is 23.1. The lowest BCUT2D eigenvalue weighted by Gasteiger charge is -2.35. The Morgan fingerprint density at radius 3 is 2.80 bits per heavy atom. The Hall–Kier alpha value is -1.62. The van der Waals surface area contributed by atoms with Crippen molar-refractivity contribution in [1.29, 1.82) is 0 Å². The highest BCUT2D eigenvalue weighted by molar-refractivity contribution is 5.77. The maximum absolute atomic E-state index is 12.2. The predicted molar refractivity (Wildman–Crippen MR) is 78.7 cm³/mol. The molecule has 20 heavy (non-hydrogen) atoms. The lowest BCUT2D eigenvalue weighted by atomic mass is 10.1. The summed E-state index contributed by atoms with van der Waals surface area (Å²) in [5.41, 5.74) is 0. The van der Waals surface area contributed by atoms with E-state index in [0.717, 1.165) is 45.0 Å². The van der Waals surface area contributed by atoms with Crippen molar-refractivity contribution in [3.05, 3.63) is 24.4 Å². The highest BCUT2D eigenvalue weighted by atomic mass is 16.2. The third-order valence-corrected chi connectivity index (χ3v) is 4.19. The van der Waals surface area contributed by atoms with Crippen molar-refractivity contribution >= 4 is 11.7 Å². The topological polar surface area (TPSA) is 48.5 Å². The molecule has 0 radical (unpaired) electrons. The number of carbonyl (C=O) groups excluding carboxylic acids is 1. The van der Waals surface area contributed by atoms with E-state index in [1.54, 1.807) is 0 Å². The van der Waals surface area contributed by atoms with Gasteiger partial charge in [-0.3, -0.25) is 4.79 Å². The van der Waals surface area contributed by atoms with Gasteiger partial charge in [-0.1, -0.05) is 6.07 Å². The van der Waals surface area contributed by atoms with Gasteiger partial charge in [0.15, 0.2) is 0 Å². The van der Waals surface area contributed by atoms with Gasteiger partial charge in [0.2, 0.25) is 5.91 Å². The first-order chi connectivity index (χ1) is 9.83. The minimum absolute atomic E-state index is 0.296. The number of anilines is 1. The molecule has 0 spiro atoms. The number of nitrogens with zero attached hydrogens (tertiary/aromatic N) is 3. The van der Waals surface area contributed by atoms with Gasteiger partial charge in [-0.25, -0.2) is 4.98 Å². The fourth-order valence-corrected chi connectivity index (χ4v) is 3.00. The van der Waals surface area contributed by atoms with E-state index in [9.17, 15) is 4.79 Å². The smallest absolute Gasteiger partial charge is 0.224 e. The second kappa shape index (κ2) is 6.22. The first kappa shape index (κ1) is 13.4. The van der Waals surface area contributed by atoms with Gasteiger partial charge in [-0.15, -0.1) is 0 Å². The number of pyridine rings is 1. The zero-order valence-electron chi connectivity index (χ0n) is 11.8. The zero-order valence-corrected chi connectivity index (χ0v) is 11.8.